The summed E-state index contributed by atoms with van der Waals surface area (Å²) in [5.41, 5.74) is 0. The van der Waals surface area contributed by atoms with Crippen LogP contribution in [0.2, 0.25) is 0 Å². The van der Waals surface area contributed by atoms with Crippen molar-refractivity contribution in [1.82, 2.24) is 9.97 Å². The fourth-order valence-corrected chi connectivity index (χ4v) is 2.98. The van der Waals surface area contributed by atoms with Crippen molar-refractivity contribution in [2.45, 2.75) is 35.8 Å². The second-order valence-corrected chi connectivity index (χ2v) is 6.71. The predicted octanol–water partition coefficient (Wildman–Crippen LogP) is 3.95. The third-order valence-electron chi connectivity index (χ3n) is 3.27. The van der Waals surface area contributed by atoms with E-state index in [0.717, 1.165) is 18.2 Å². The van der Waals surface area contributed by atoms with E-state index in [2.05, 4.69) is 46.5 Å². The van der Waals surface area contributed by atoms with Gasteiger partial charge in [0.2, 0.25) is 0 Å². The van der Waals surface area contributed by atoms with Crippen molar-refractivity contribution in [2.75, 3.05) is 11.9 Å². The summed E-state index contributed by atoms with van der Waals surface area (Å²) in [6.07, 6.45) is 4.34. The van der Waals surface area contributed by atoms with Crippen molar-refractivity contribution in [3.63, 3.8) is 0 Å². The molecule has 1 saturated carbocycles. The average Bonchev–Trinajstić information content (AvgIpc) is 3.31. The molecule has 3 rings (SSSR count). The predicted molar refractivity (Wildman–Crippen MR) is 84.3 cm³/mol. The Balaban J connectivity index is 1.52. The molecule has 0 aliphatic heterocycles. The van der Waals surface area contributed by atoms with E-state index in [1.54, 1.807) is 0 Å². The molecule has 0 amide bonds. The van der Waals surface area contributed by atoms with Gasteiger partial charge in [0, 0.05) is 28.8 Å². The van der Waals surface area contributed by atoms with Crippen LogP contribution in [0, 0.1) is 0 Å². The van der Waals surface area contributed by atoms with E-state index < -0.39 is 0 Å². The van der Waals surface area contributed by atoms with E-state index in [1.807, 2.05) is 30.1 Å². The highest BCUT2D eigenvalue weighted by Crippen LogP contribution is 2.38. The van der Waals surface area contributed by atoms with E-state index in [4.69, 9.17) is 0 Å². The molecule has 4 heteroatoms. The third-order valence-corrected chi connectivity index (χ3v) is 4.38. The average molecular weight is 285 g/mol. The van der Waals surface area contributed by atoms with Gasteiger partial charge in [0.15, 0.2) is 0 Å². The molecule has 1 atom stereocenters. The molecule has 1 aliphatic rings. The van der Waals surface area contributed by atoms with E-state index >= 15 is 0 Å². The zero-order valence-electron chi connectivity index (χ0n) is 11.6. The highest BCUT2D eigenvalue weighted by molar-refractivity contribution is 8.00. The Morgan fingerprint density at radius 3 is 2.80 bits per heavy atom. The van der Waals surface area contributed by atoms with Crippen LogP contribution in [0.15, 0.2) is 47.5 Å². The summed E-state index contributed by atoms with van der Waals surface area (Å²) in [6, 6.07) is 12.5. The van der Waals surface area contributed by atoms with Crippen LogP contribution in [-0.4, -0.2) is 21.8 Å². The molecular formula is C16H19N3S. The van der Waals surface area contributed by atoms with Gasteiger partial charge >= 0.3 is 0 Å². The summed E-state index contributed by atoms with van der Waals surface area (Å²) in [7, 11) is 0. The molecule has 3 nitrogen and oxygen atoms in total. The van der Waals surface area contributed by atoms with Crippen molar-refractivity contribution in [1.29, 1.82) is 0 Å². The molecule has 2 aromatic rings. The second kappa shape index (κ2) is 6.27. The number of aromatic nitrogens is 2. The highest BCUT2D eigenvalue weighted by atomic mass is 32.2. The summed E-state index contributed by atoms with van der Waals surface area (Å²) < 4.78 is 0. The zero-order valence-corrected chi connectivity index (χ0v) is 12.4. The van der Waals surface area contributed by atoms with Gasteiger partial charge in [0.05, 0.1) is 0 Å². The number of nitrogens with zero attached hydrogens (tertiary/aromatic N) is 2. The Hall–Kier alpha value is -1.55. The number of benzene rings is 1. The topological polar surface area (TPSA) is 37.8 Å². The smallest absolute Gasteiger partial charge is 0.133 e. The zero-order chi connectivity index (χ0) is 13.8. The molecule has 1 aromatic heterocycles. The third kappa shape index (κ3) is 3.73. The van der Waals surface area contributed by atoms with Crippen LogP contribution >= 0.6 is 11.8 Å². The lowest BCUT2D eigenvalue weighted by atomic mass is 10.4. The molecule has 0 bridgehead atoms. The van der Waals surface area contributed by atoms with E-state index in [1.165, 1.54) is 17.7 Å². The van der Waals surface area contributed by atoms with Gasteiger partial charge in [0.25, 0.3) is 0 Å². The minimum atomic E-state index is 0.497. The Labute approximate surface area is 124 Å². The van der Waals surface area contributed by atoms with Gasteiger partial charge in [-0.15, -0.1) is 11.8 Å². The Bertz CT molecular complexity index is 555. The standard InChI is InChI=1S/C16H19N3S/c1-12(20-14-5-3-2-4-6-14)11-18-15-9-10-17-16(19-15)13-7-8-13/h2-6,9-10,12-13H,7-8,11H2,1H3,(H,17,18,19). The Morgan fingerprint density at radius 2 is 2.05 bits per heavy atom. The van der Waals surface area contributed by atoms with E-state index in [-0.39, 0.29) is 0 Å². The summed E-state index contributed by atoms with van der Waals surface area (Å²) >= 11 is 1.88. The lowest BCUT2D eigenvalue weighted by Crippen LogP contribution is -2.14. The number of hydrogen-bond donors (Lipinski definition) is 1. The first-order valence-electron chi connectivity index (χ1n) is 7.10. The summed E-state index contributed by atoms with van der Waals surface area (Å²) in [5, 5.41) is 3.91. The minimum absolute atomic E-state index is 0.497. The van der Waals surface area contributed by atoms with Crippen molar-refractivity contribution in [2.24, 2.45) is 0 Å². The van der Waals surface area contributed by atoms with Gasteiger partial charge in [-0.05, 0) is 31.0 Å². The van der Waals surface area contributed by atoms with Gasteiger partial charge in [-0.25, -0.2) is 9.97 Å². The number of anilines is 1. The van der Waals surface area contributed by atoms with Crippen LogP contribution in [0.1, 0.15) is 31.5 Å². The number of thioether (sulfide) groups is 1. The van der Waals surface area contributed by atoms with Crippen molar-refractivity contribution in [3.8, 4) is 0 Å². The lowest BCUT2D eigenvalue weighted by Gasteiger charge is -2.13. The van der Waals surface area contributed by atoms with E-state index in [9.17, 15) is 0 Å². The molecule has 1 N–H and O–H groups in total. The van der Waals surface area contributed by atoms with E-state index in [0.29, 0.717) is 11.2 Å². The van der Waals surface area contributed by atoms with Gasteiger partial charge in [-0.3, -0.25) is 0 Å². The second-order valence-electron chi connectivity index (χ2n) is 5.20. The molecule has 104 valence electrons. The monoisotopic (exact) mass is 285 g/mol. The van der Waals surface area contributed by atoms with Gasteiger partial charge in [0.1, 0.15) is 11.6 Å². The van der Waals surface area contributed by atoms with Gasteiger partial charge in [-0.2, -0.15) is 0 Å². The summed E-state index contributed by atoms with van der Waals surface area (Å²) in [5.74, 6) is 2.55. The number of hydrogen-bond acceptors (Lipinski definition) is 4. The van der Waals surface area contributed by atoms with Crippen LogP contribution in [0.5, 0.6) is 0 Å². The quantitative estimate of drug-likeness (QED) is 0.816. The lowest BCUT2D eigenvalue weighted by molar-refractivity contribution is 0.912. The fourth-order valence-electron chi connectivity index (χ4n) is 2.03. The first-order valence-corrected chi connectivity index (χ1v) is 7.98. The minimum Gasteiger partial charge on any atom is -0.369 e. The van der Waals surface area contributed by atoms with Crippen LogP contribution in [-0.2, 0) is 0 Å². The number of nitrogens with one attached hydrogen (secondary N) is 1. The molecule has 0 spiro atoms. The highest BCUT2D eigenvalue weighted by Gasteiger charge is 2.26. The van der Waals surface area contributed by atoms with Crippen molar-refractivity contribution in [3.05, 3.63) is 48.4 Å². The van der Waals surface area contributed by atoms with Crippen LogP contribution in [0.25, 0.3) is 0 Å². The molecule has 1 fully saturated rings. The van der Waals surface area contributed by atoms with Crippen LogP contribution in [0.4, 0.5) is 5.82 Å². The maximum Gasteiger partial charge on any atom is 0.133 e. The molecule has 0 saturated heterocycles. The molecule has 1 aromatic carbocycles. The largest absolute Gasteiger partial charge is 0.369 e. The molecule has 20 heavy (non-hydrogen) atoms. The number of rotatable bonds is 6. The first kappa shape index (κ1) is 13.4. The normalized spacial score (nSPS) is 15.8. The first-order chi connectivity index (χ1) is 9.81. The summed E-state index contributed by atoms with van der Waals surface area (Å²) in [4.78, 5) is 10.2. The molecule has 1 unspecified atom stereocenters. The van der Waals surface area contributed by atoms with Gasteiger partial charge < -0.3 is 5.32 Å². The fraction of sp³-hybridized carbons (Fsp3) is 0.375. The SMILES string of the molecule is CC(CNc1ccnc(C2CC2)n1)Sc1ccccc1. The molecule has 1 heterocycles. The Kier molecular flexibility index (Phi) is 4.21. The summed E-state index contributed by atoms with van der Waals surface area (Å²) in [6.45, 7) is 3.13. The molecule has 0 radical (unpaired) electrons. The van der Waals surface area contributed by atoms with Crippen molar-refractivity contribution >= 4 is 17.6 Å². The molecular weight excluding hydrogens is 266 g/mol. The van der Waals surface area contributed by atoms with Crippen molar-refractivity contribution < 1.29 is 0 Å². The molecule has 1 aliphatic carbocycles. The van der Waals surface area contributed by atoms with Crippen LogP contribution < -0.4 is 5.32 Å². The van der Waals surface area contributed by atoms with Crippen LogP contribution in [0.3, 0.4) is 0 Å². The van der Waals surface area contributed by atoms with Gasteiger partial charge in [-0.1, -0.05) is 25.1 Å². The maximum absolute atomic E-state index is 4.58. The maximum atomic E-state index is 4.58. The Morgan fingerprint density at radius 1 is 1.25 bits per heavy atom.